The first-order valence-corrected chi connectivity index (χ1v) is 5.19. The first-order valence-electron chi connectivity index (χ1n) is 5.19. The zero-order chi connectivity index (χ0) is 11.8. The molecule has 88 valence electrons. The van der Waals surface area contributed by atoms with Gasteiger partial charge in [-0.05, 0) is 30.5 Å². The third-order valence-corrected chi connectivity index (χ3v) is 2.32. The number of amides is 1. The van der Waals surface area contributed by atoms with Gasteiger partial charge in [0.2, 0.25) is 6.41 Å². The van der Waals surface area contributed by atoms with Crippen molar-refractivity contribution < 1.29 is 14.3 Å². The SMILES string of the molecule is COc1ccc(CCCNC=O)cc1OC. The van der Waals surface area contributed by atoms with Gasteiger partial charge in [-0.1, -0.05) is 6.07 Å². The molecule has 0 fully saturated rings. The van der Waals surface area contributed by atoms with Gasteiger partial charge < -0.3 is 14.8 Å². The van der Waals surface area contributed by atoms with Gasteiger partial charge in [0.1, 0.15) is 0 Å². The Morgan fingerprint density at radius 1 is 1.25 bits per heavy atom. The molecule has 1 amide bonds. The third kappa shape index (κ3) is 3.46. The Balaban J connectivity index is 2.57. The molecule has 0 bridgehead atoms. The van der Waals surface area contributed by atoms with E-state index in [-0.39, 0.29) is 0 Å². The monoisotopic (exact) mass is 223 g/mol. The van der Waals surface area contributed by atoms with Crippen molar-refractivity contribution in [3.05, 3.63) is 23.8 Å². The largest absolute Gasteiger partial charge is 0.493 e. The Morgan fingerprint density at radius 2 is 2.00 bits per heavy atom. The maximum atomic E-state index is 10.1. The van der Waals surface area contributed by atoms with Gasteiger partial charge in [0.25, 0.3) is 0 Å². The number of ether oxygens (including phenoxy) is 2. The number of methoxy groups -OCH3 is 2. The molecule has 0 saturated carbocycles. The van der Waals surface area contributed by atoms with Crippen LogP contribution in [0.1, 0.15) is 12.0 Å². The molecule has 0 spiro atoms. The quantitative estimate of drug-likeness (QED) is 0.561. The summed E-state index contributed by atoms with van der Waals surface area (Å²) in [7, 11) is 3.24. The number of hydrogen-bond acceptors (Lipinski definition) is 3. The van der Waals surface area contributed by atoms with Gasteiger partial charge in [0.15, 0.2) is 11.5 Å². The predicted molar refractivity (Wildman–Crippen MR) is 61.9 cm³/mol. The molecule has 1 rings (SSSR count). The van der Waals surface area contributed by atoms with Crippen LogP contribution in [-0.2, 0) is 11.2 Å². The zero-order valence-electron chi connectivity index (χ0n) is 9.66. The van der Waals surface area contributed by atoms with E-state index >= 15 is 0 Å². The summed E-state index contributed by atoms with van der Waals surface area (Å²) in [5.41, 5.74) is 1.17. The normalized spacial score (nSPS) is 9.62. The van der Waals surface area contributed by atoms with Crippen LogP contribution in [0, 0.1) is 0 Å². The van der Waals surface area contributed by atoms with Gasteiger partial charge in [0.05, 0.1) is 14.2 Å². The number of benzene rings is 1. The lowest BCUT2D eigenvalue weighted by Crippen LogP contribution is -2.12. The van der Waals surface area contributed by atoms with E-state index in [9.17, 15) is 4.79 Å². The first kappa shape index (κ1) is 12.4. The highest BCUT2D eigenvalue weighted by molar-refractivity contribution is 5.45. The Kier molecular flexibility index (Phi) is 5.19. The summed E-state index contributed by atoms with van der Waals surface area (Å²) in [5.74, 6) is 1.47. The maximum Gasteiger partial charge on any atom is 0.207 e. The Labute approximate surface area is 95.6 Å². The molecule has 1 aromatic carbocycles. The number of carbonyl (C=O) groups is 1. The highest BCUT2D eigenvalue weighted by Gasteiger charge is 2.03. The van der Waals surface area contributed by atoms with Gasteiger partial charge in [-0.25, -0.2) is 0 Å². The summed E-state index contributed by atoms with van der Waals surface area (Å²) >= 11 is 0. The highest BCUT2D eigenvalue weighted by Crippen LogP contribution is 2.27. The van der Waals surface area contributed by atoms with Crippen molar-refractivity contribution in [1.82, 2.24) is 5.32 Å². The van der Waals surface area contributed by atoms with Crippen LogP contribution in [0.5, 0.6) is 11.5 Å². The maximum absolute atomic E-state index is 10.1. The van der Waals surface area contributed by atoms with Crippen molar-refractivity contribution in [1.29, 1.82) is 0 Å². The molecule has 0 aliphatic rings. The van der Waals surface area contributed by atoms with Crippen molar-refractivity contribution >= 4 is 6.41 Å². The highest BCUT2D eigenvalue weighted by atomic mass is 16.5. The molecule has 16 heavy (non-hydrogen) atoms. The van der Waals surface area contributed by atoms with E-state index in [1.165, 1.54) is 5.56 Å². The fraction of sp³-hybridized carbons (Fsp3) is 0.417. The molecule has 1 aromatic rings. The van der Waals surface area contributed by atoms with E-state index < -0.39 is 0 Å². The number of aryl methyl sites for hydroxylation is 1. The second-order valence-electron chi connectivity index (χ2n) is 3.36. The summed E-state index contributed by atoms with van der Waals surface area (Å²) in [6.45, 7) is 0.692. The van der Waals surface area contributed by atoms with Gasteiger partial charge in [-0.2, -0.15) is 0 Å². The molecular formula is C12H17NO3. The second-order valence-corrected chi connectivity index (χ2v) is 3.36. The lowest BCUT2D eigenvalue weighted by Gasteiger charge is -2.09. The second kappa shape index (κ2) is 6.71. The molecule has 0 saturated heterocycles. The summed E-state index contributed by atoms with van der Waals surface area (Å²) in [5, 5.41) is 2.63. The van der Waals surface area contributed by atoms with Crippen molar-refractivity contribution in [2.45, 2.75) is 12.8 Å². The van der Waals surface area contributed by atoms with Crippen molar-refractivity contribution in [2.24, 2.45) is 0 Å². The van der Waals surface area contributed by atoms with E-state index in [0.29, 0.717) is 13.0 Å². The lowest BCUT2D eigenvalue weighted by atomic mass is 10.1. The van der Waals surface area contributed by atoms with Crippen LogP contribution in [-0.4, -0.2) is 27.2 Å². The zero-order valence-corrected chi connectivity index (χ0v) is 9.66. The number of hydrogen-bond donors (Lipinski definition) is 1. The summed E-state index contributed by atoms with van der Waals surface area (Å²) < 4.78 is 10.4. The average Bonchev–Trinajstić information content (AvgIpc) is 2.34. The molecule has 0 atom stereocenters. The minimum Gasteiger partial charge on any atom is -0.493 e. The van der Waals surface area contributed by atoms with Gasteiger partial charge in [-0.3, -0.25) is 4.79 Å². The minimum atomic E-state index is 0.692. The molecule has 0 radical (unpaired) electrons. The molecule has 1 N–H and O–H groups in total. The van der Waals surface area contributed by atoms with E-state index in [2.05, 4.69) is 5.32 Å². The molecular weight excluding hydrogens is 206 g/mol. The summed E-state index contributed by atoms with van der Waals surface area (Å²) in [6, 6.07) is 5.85. The van der Waals surface area contributed by atoms with Crippen molar-refractivity contribution in [2.75, 3.05) is 20.8 Å². The fourth-order valence-corrected chi connectivity index (χ4v) is 1.49. The molecule has 0 heterocycles. The minimum absolute atomic E-state index is 0.692. The van der Waals surface area contributed by atoms with E-state index in [4.69, 9.17) is 9.47 Å². The standard InChI is InChI=1S/C12H17NO3/c1-15-11-6-5-10(8-12(11)16-2)4-3-7-13-9-14/h5-6,8-9H,3-4,7H2,1-2H3,(H,13,14). The smallest absolute Gasteiger partial charge is 0.207 e. The summed E-state index contributed by atoms with van der Waals surface area (Å²) in [6.07, 6.45) is 2.53. The topological polar surface area (TPSA) is 47.6 Å². The average molecular weight is 223 g/mol. The predicted octanol–water partition coefficient (Wildman–Crippen LogP) is 1.38. The third-order valence-electron chi connectivity index (χ3n) is 2.32. The van der Waals surface area contributed by atoms with Crippen LogP contribution < -0.4 is 14.8 Å². The molecule has 0 unspecified atom stereocenters. The lowest BCUT2D eigenvalue weighted by molar-refractivity contribution is -0.109. The van der Waals surface area contributed by atoms with Crippen molar-refractivity contribution in [3.63, 3.8) is 0 Å². The van der Waals surface area contributed by atoms with Crippen LogP contribution in [0.25, 0.3) is 0 Å². The number of nitrogens with one attached hydrogen (secondary N) is 1. The first-order chi connectivity index (χ1) is 7.81. The Bertz CT molecular complexity index is 339. The van der Waals surface area contributed by atoms with Crippen LogP contribution in [0.4, 0.5) is 0 Å². The molecule has 4 heteroatoms. The van der Waals surface area contributed by atoms with Crippen LogP contribution in [0.15, 0.2) is 18.2 Å². The Morgan fingerprint density at radius 3 is 2.62 bits per heavy atom. The number of rotatable bonds is 7. The molecule has 0 aliphatic heterocycles. The summed E-state index contributed by atoms with van der Waals surface area (Å²) in [4.78, 5) is 10.1. The van der Waals surface area contributed by atoms with E-state index in [1.807, 2.05) is 18.2 Å². The van der Waals surface area contributed by atoms with Crippen molar-refractivity contribution in [3.8, 4) is 11.5 Å². The molecule has 0 aliphatic carbocycles. The van der Waals surface area contributed by atoms with Crippen LogP contribution in [0.2, 0.25) is 0 Å². The van der Waals surface area contributed by atoms with Gasteiger partial charge in [-0.15, -0.1) is 0 Å². The van der Waals surface area contributed by atoms with Gasteiger partial charge >= 0.3 is 0 Å². The fourth-order valence-electron chi connectivity index (χ4n) is 1.49. The molecule has 4 nitrogen and oxygen atoms in total. The molecule has 0 aromatic heterocycles. The van der Waals surface area contributed by atoms with Gasteiger partial charge in [0, 0.05) is 6.54 Å². The van der Waals surface area contributed by atoms with Crippen LogP contribution >= 0.6 is 0 Å². The van der Waals surface area contributed by atoms with E-state index in [0.717, 1.165) is 24.3 Å². The van der Waals surface area contributed by atoms with Crippen LogP contribution in [0.3, 0.4) is 0 Å². The Hall–Kier alpha value is -1.71. The number of carbonyl (C=O) groups excluding carboxylic acids is 1. The van der Waals surface area contributed by atoms with E-state index in [1.54, 1.807) is 14.2 Å².